The first kappa shape index (κ1) is 12.8. The molecule has 0 aromatic carbocycles. The standard InChI is InChI=1S/C14H22N4O/c1-12-3-4-13(16-15-12)18-10-14(11-18)5-6-17(9-14)7-8-19-2/h3-4H,5-11H2,1-2H3. The zero-order valence-electron chi connectivity index (χ0n) is 11.8. The van der Waals surface area contributed by atoms with E-state index < -0.39 is 0 Å². The maximum absolute atomic E-state index is 5.15. The van der Waals surface area contributed by atoms with Crippen LogP contribution in [0.5, 0.6) is 0 Å². The number of methoxy groups -OCH3 is 1. The van der Waals surface area contributed by atoms with E-state index in [1.54, 1.807) is 7.11 Å². The lowest BCUT2D eigenvalue weighted by molar-refractivity contribution is 0.144. The minimum absolute atomic E-state index is 0.486. The topological polar surface area (TPSA) is 41.5 Å². The molecule has 1 aromatic rings. The highest BCUT2D eigenvalue weighted by molar-refractivity contribution is 5.42. The van der Waals surface area contributed by atoms with Crippen molar-refractivity contribution in [3.8, 4) is 0 Å². The van der Waals surface area contributed by atoms with Gasteiger partial charge in [0.2, 0.25) is 0 Å². The van der Waals surface area contributed by atoms with E-state index >= 15 is 0 Å². The molecule has 1 aromatic heterocycles. The average Bonchev–Trinajstić information content (AvgIpc) is 2.80. The predicted octanol–water partition coefficient (Wildman–Crippen LogP) is 0.944. The summed E-state index contributed by atoms with van der Waals surface area (Å²) < 4.78 is 5.15. The van der Waals surface area contributed by atoms with Gasteiger partial charge in [-0.15, -0.1) is 5.10 Å². The zero-order valence-corrected chi connectivity index (χ0v) is 11.8. The molecule has 0 atom stereocenters. The van der Waals surface area contributed by atoms with Gasteiger partial charge in [-0.25, -0.2) is 0 Å². The largest absolute Gasteiger partial charge is 0.383 e. The van der Waals surface area contributed by atoms with Gasteiger partial charge in [0.15, 0.2) is 5.82 Å². The molecule has 5 nitrogen and oxygen atoms in total. The van der Waals surface area contributed by atoms with Crippen molar-refractivity contribution in [1.29, 1.82) is 0 Å². The first-order chi connectivity index (χ1) is 9.21. The van der Waals surface area contributed by atoms with Crippen molar-refractivity contribution in [3.05, 3.63) is 17.8 Å². The Morgan fingerprint density at radius 1 is 1.26 bits per heavy atom. The molecule has 0 N–H and O–H groups in total. The van der Waals surface area contributed by atoms with Gasteiger partial charge < -0.3 is 14.5 Å². The smallest absolute Gasteiger partial charge is 0.151 e. The van der Waals surface area contributed by atoms with Gasteiger partial charge in [-0.1, -0.05) is 0 Å². The lowest BCUT2D eigenvalue weighted by Crippen LogP contribution is -2.58. The van der Waals surface area contributed by atoms with E-state index in [1.165, 1.54) is 19.5 Å². The SMILES string of the molecule is COCCN1CCC2(C1)CN(c1ccc(C)nn1)C2. The third kappa shape index (κ3) is 2.58. The van der Waals surface area contributed by atoms with Gasteiger partial charge in [0.25, 0.3) is 0 Å². The number of nitrogens with zero attached hydrogens (tertiary/aromatic N) is 4. The molecule has 104 valence electrons. The highest BCUT2D eigenvalue weighted by atomic mass is 16.5. The molecule has 0 saturated carbocycles. The van der Waals surface area contributed by atoms with Crippen LogP contribution < -0.4 is 4.90 Å². The van der Waals surface area contributed by atoms with Crippen LogP contribution in [0, 0.1) is 12.3 Å². The van der Waals surface area contributed by atoms with Gasteiger partial charge in [0.1, 0.15) is 0 Å². The van der Waals surface area contributed by atoms with Gasteiger partial charge >= 0.3 is 0 Å². The van der Waals surface area contributed by atoms with Gasteiger partial charge in [0.05, 0.1) is 12.3 Å². The summed E-state index contributed by atoms with van der Waals surface area (Å²) in [7, 11) is 1.77. The van der Waals surface area contributed by atoms with Crippen LogP contribution in [0.15, 0.2) is 12.1 Å². The average molecular weight is 262 g/mol. The molecular formula is C14H22N4O. The summed E-state index contributed by atoms with van der Waals surface area (Å²) in [5.74, 6) is 1.02. The summed E-state index contributed by atoms with van der Waals surface area (Å²) in [6.07, 6.45) is 1.30. The molecule has 0 aliphatic carbocycles. The monoisotopic (exact) mass is 262 g/mol. The number of aryl methyl sites for hydroxylation is 1. The molecule has 2 aliphatic rings. The van der Waals surface area contributed by atoms with Crippen LogP contribution in [-0.2, 0) is 4.74 Å². The third-order valence-corrected chi connectivity index (χ3v) is 4.29. The van der Waals surface area contributed by atoms with Crippen molar-refractivity contribution in [1.82, 2.24) is 15.1 Å². The molecule has 5 heteroatoms. The zero-order chi connectivity index (χ0) is 13.3. The van der Waals surface area contributed by atoms with Crippen LogP contribution in [0.2, 0.25) is 0 Å². The maximum atomic E-state index is 5.15. The molecule has 2 fully saturated rings. The predicted molar refractivity (Wildman–Crippen MR) is 74.3 cm³/mol. The maximum Gasteiger partial charge on any atom is 0.151 e. The van der Waals surface area contributed by atoms with Crippen LogP contribution in [0.3, 0.4) is 0 Å². The van der Waals surface area contributed by atoms with Gasteiger partial charge in [0, 0.05) is 38.7 Å². The van der Waals surface area contributed by atoms with Crippen molar-refractivity contribution in [2.75, 3.05) is 51.3 Å². The highest BCUT2D eigenvalue weighted by Gasteiger charge is 2.47. The fourth-order valence-corrected chi connectivity index (χ4v) is 3.18. The normalized spacial score (nSPS) is 21.9. The second-order valence-corrected chi connectivity index (χ2v) is 5.91. The van der Waals surface area contributed by atoms with E-state index in [0.717, 1.165) is 37.8 Å². The minimum Gasteiger partial charge on any atom is -0.383 e. The lowest BCUT2D eigenvalue weighted by atomic mass is 9.79. The number of hydrogen-bond acceptors (Lipinski definition) is 5. The van der Waals surface area contributed by atoms with E-state index in [9.17, 15) is 0 Å². The molecule has 0 bridgehead atoms. The van der Waals surface area contributed by atoms with Gasteiger partial charge in [-0.2, -0.15) is 5.10 Å². The van der Waals surface area contributed by atoms with Gasteiger partial charge in [-0.05, 0) is 32.0 Å². The number of aromatic nitrogens is 2. The molecule has 1 spiro atoms. The molecule has 2 saturated heterocycles. The molecular weight excluding hydrogens is 240 g/mol. The number of rotatable bonds is 4. The van der Waals surface area contributed by atoms with Crippen molar-refractivity contribution >= 4 is 5.82 Å². The molecule has 0 radical (unpaired) electrons. The fourth-order valence-electron chi connectivity index (χ4n) is 3.18. The van der Waals surface area contributed by atoms with Crippen molar-refractivity contribution < 1.29 is 4.74 Å². The number of ether oxygens (including phenoxy) is 1. The van der Waals surface area contributed by atoms with E-state index in [0.29, 0.717) is 5.41 Å². The summed E-state index contributed by atoms with van der Waals surface area (Å²) >= 11 is 0. The number of hydrogen-bond donors (Lipinski definition) is 0. The number of anilines is 1. The molecule has 2 aliphatic heterocycles. The Kier molecular flexibility index (Phi) is 3.41. The highest BCUT2D eigenvalue weighted by Crippen LogP contribution is 2.40. The third-order valence-electron chi connectivity index (χ3n) is 4.29. The Morgan fingerprint density at radius 2 is 2.11 bits per heavy atom. The summed E-state index contributed by atoms with van der Waals surface area (Å²) in [4.78, 5) is 4.86. The molecule has 0 amide bonds. The van der Waals surface area contributed by atoms with Crippen molar-refractivity contribution in [3.63, 3.8) is 0 Å². The van der Waals surface area contributed by atoms with E-state index in [2.05, 4.69) is 26.1 Å². The quantitative estimate of drug-likeness (QED) is 0.808. The lowest BCUT2D eigenvalue weighted by Gasteiger charge is -2.48. The Morgan fingerprint density at radius 3 is 2.79 bits per heavy atom. The summed E-state index contributed by atoms with van der Waals surface area (Å²) in [5.41, 5.74) is 1.46. The van der Waals surface area contributed by atoms with Crippen LogP contribution in [0.25, 0.3) is 0 Å². The van der Waals surface area contributed by atoms with Crippen molar-refractivity contribution in [2.45, 2.75) is 13.3 Å². The van der Waals surface area contributed by atoms with Crippen molar-refractivity contribution in [2.24, 2.45) is 5.41 Å². The van der Waals surface area contributed by atoms with Gasteiger partial charge in [-0.3, -0.25) is 0 Å². The second kappa shape index (κ2) is 5.06. The minimum atomic E-state index is 0.486. The van der Waals surface area contributed by atoms with E-state index in [1.807, 2.05) is 13.0 Å². The summed E-state index contributed by atoms with van der Waals surface area (Å²) in [6.45, 7) is 8.51. The van der Waals surface area contributed by atoms with Crippen LogP contribution in [-0.4, -0.2) is 61.5 Å². The fraction of sp³-hybridized carbons (Fsp3) is 0.714. The van der Waals surface area contributed by atoms with E-state index in [-0.39, 0.29) is 0 Å². The molecule has 0 unspecified atom stereocenters. The first-order valence-corrected chi connectivity index (χ1v) is 6.97. The van der Waals surface area contributed by atoms with Crippen LogP contribution in [0.4, 0.5) is 5.82 Å². The number of likely N-dealkylation sites (tertiary alicyclic amines) is 1. The Balaban J connectivity index is 1.53. The molecule has 3 rings (SSSR count). The summed E-state index contributed by atoms with van der Waals surface area (Å²) in [5, 5.41) is 8.40. The Hall–Kier alpha value is -1.20. The van der Waals surface area contributed by atoms with Crippen LogP contribution in [0.1, 0.15) is 12.1 Å². The first-order valence-electron chi connectivity index (χ1n) is 6.97. The summed E-state index contributed by atoms with van der Waals surface area (Å²) in [6, 6.07) is 4.11. The Bertz CT molecular complexity index is 428. The molecule has 3 heterocycles. The van der Waals surface area contributed by atoms with Crippen LogP contribution >= 0.6 is 0 Å². The Labute approximate surface area is 114 Å². The van der Waals surface area contributed by atoms with E-state index in [4.69, 9.17) is 4.74 Å². The molecule has 19 heavy (non-hydrogen) atoms. The second-order valence-electron chi connectivity index (χ2n) is 5.91.